The van der Waals surface area contributed by atoms with Crippen LogP contribution in [0.2, 0.25) is 0 Å². The van der Waals surface area contributed by atoms with Crippen molar-refractivity contribution in [2.24, 2.45) is 0 Å². The van der Waals surface area contributed by atoms with Gasteiger partial charge in [0.25, 0.3) is 5.56 Å². The molecule has 12 heteroatoms. The van der Waals surface area contributed by atoms with Gasteiger partial charge in [0.05, 0.1) is 30.9 Å². The zero-order chi connectivity index (χ0) is 31.6. The summed E-state index contributed by atoms with van der Waals surface area (Å²) in [6, 6.07) is 1.59. The van der Waals surface area contributed by atoms with Crippen LogP contribution >= 0.6 is 11.3 Å². The molecule has 1 N–H and O–H groups in total. The van der Waals surface area contributed by atoms with Crippen molar-refractivity contribution in [2.75, 3.05) is 7.11 Å². The first kappa shape index (κ1) is 32.2. The van der Waals surface area contributed by atoms with Crippen molar-refractivity contribution in [3.05, 3.63) is 68.8 Å². The average Bonchev–Trinajstić information content (AvgIpc) is 3.60. The summed E-state index contributed by atoms with van der Waals surface area (Å²) in [7, 11) is 1.55. The maximum absolute atomic E-state index is 14.4. The number of methoxy groups -OCH3 is 1. The number of rotatable bonds is 11. The zero-order valence-electron chi connectivity index (χ0n) is 25.9. The third kappa shape index (κ3) is 6.30. The number of Topliss-reactive ketones (excluding diaryl/α,β-unsaturated/α-hetero) is 1. The van der Waals surface area contributed by atoms with E-state index in [1.165, 1.54) is 15.9 Å². The number of aryl methyl sites for hydroxylation is 1. The fraction of sp³-hybridized carbons (Fsp3) is 0.516. The molecule has 3 aromatic rings. The minimum absolute atomic E-state index is 0.0164. The van der Waals surface area contributed by atoms with Gasteiger partial charge in [-0.05, 0) is 60.5 Å². The van der Waals surface area contributed by atoms with Crippen molar-refractivity contribution in [1.29, 1.82) is 0 Å². The van der Waals surface area contributed by atoms with Gasteiger partial charge < -0.3 is 14.8 Å². The second-order valence-electron chi connectivity index (χ2n) is 11.7. The average molecular weight is 612 g/mol. The summed E-state index contributed by atoms with van der Waals surface area (Å²) in [5.74, 6) is 0.325. The SMILES string of the molecule is C=C/C(=C(\C)OC)[C@H](Cn1c(=O)n(C(C)(C)C(=O)NC(C)C)c(=O)c2c(C)c(-n3cccn3)sc21)OC1CCC(=O)CC1. The number of aromatic nitrogens is 4. The van der Waals surface area contributed by atoms with Crippen LogP contribution in [-0.2, 0) is 31.1 Å². The van der Waals surface area contributed by atoms with Gasteiger partial charge in [-0.3, -0.25) is 19.0 Å². The van der Waals surface area contributed by atoms with E-state index in [2.05, 4.69) is 17.0 Å². The minimum Gasteiger partial charge on any atom is -0.501 e. The highest BCUT2D eigenvalue weighted by Gasteiger charge is 2.36. The third-order valence-electron chi connectivity index (χ3n) is 7.91. The fourth-order valence-corrected chi connectivity index (χ4v) is 6.66. The van der Waals surface area contributed by atoms with E-state index in [0.29, 0.717) is 57.8 Å². The Morgan fingerprint density at radius 2 is 1.93 bits per heavy atom. The lowest BCUT2D eigenvalue weighted by molar-refractivity contribution is -0.129. The van der Waals surface area contributed by atoms with Crippen LogP contribution in [0.4, 0.5) is 0 Å². The molecule has 1 fully saturated rings. The molecule has 3 aromatic heterocycles. The molecule has 0 aliphatic heterocycles. The number of nitrogens with zero attached hydrogens (tertiary/aromatic N) is 4. The van der Waals surface area contributed by atoms with Crippen LogP contribution in [-0.4, -0.2) is 56.0 Å². The molecule has 0 saturated heterocycles. The summed E-state index contributed by atoms with van der Waals surface area (Å²) < 4.78 is 16.3. The summed E-state index contributed by atoms with van der Waals surface area (Å²) in [5.41, 5.74) is -1.40. The molecule has 0 spiro atoms. The molecule has 4 rings (SSSR count). The van der Waals surface area contributed by atoms with Crippen molar-refractivity contribution >= 4 is 33.2 Å². The first-order valence-electron chi connectivity index (χ1n) is 14.5. The molecule has 1 saturated carbocycles. The Morgan fingerprint density at radius 1 is 1.26 bits per heavy atom. The van der Waals surface area contributed by atoms with Crippen LogP contribution < -0.4 is 16.6 Å². The molecule has 0 radical (unpaired) electrons. The Labute approximate surface area is 254 Å². The van der Waals surface area contributed by atoms with Crippen LogP contribution in [0.5, 0.6) is 0 Å². The van der Waals surface area contributed by atoms with E-state index in [0.717, 1.165) is 4.57 Å². The smallest absolute Gasteiger partial charge is 0.333 e. The van der Waals surface area contributed by atoms with Crippen molar-refractivity contribution in [3.63, 3.8) is 0 Å². The Morgan fingerprint density at radius 3 is 2.49 bits per heavy atom. The second kappa shape index (κ2) is 12.8. The highest BCUT2D eigenvalue weighted by Crippen LogP contribution is 2.32. The molecule has 0 aromatic carbocycles. The van der Waals surface area contributed by atoms with E-state index in [-0.39, 0.29) is 24.5 Å². The lowest BCUT2D eigenvalue weighted by atomic mass is 9.96. The molecule has 11 nitrogen and oxygen atoms in total. The van der Waals surface area contributed by atoms with Gasteiger partial charge in [0.2, 0.25) is 5.91 Å². The van der Waals surface area contributed by atoms with E-state index in [1.807, 2.05) is 20.8 Å². The first-order chi connectivity index (χ1) is 20.3. The van der Waals surface area contributed by atoms with E-state index in [1.54, 1.807) is 57.1 Å². The molecular formula is C31H41N5O6S. The van der Waals surface area contributed by atoms with E-state index >= 15 is 0 Å². The summed E-state index contributed by atoms with van der Waals surface area (Å²) >= 11 is 1.27. The number of thiophene rings is 1. The molecule has 1 aliphatic rings. The Kier molecular flexibility index (Phi) is 9.60. The summed E-state index contributed by atoms with van der Waals surface area (Å²) in [4.78, 5) is 54.3. The Bertz CT molecular complexity index is 1660. The van der Waals surface area contributed by atoms with Crippen molar-refractivity contribution in [3.8, 4) is 5.00 Å². The number of amides is 1. The lowest BCUT2D eigenvalue weighted by Gasteiger charge is -2.30. The van der Waals surface area contributed by atoms with E-state index in [4.69, 9.17) is 9.47 Å². The van der Waals surface area contributed by atoms with Gasteiger partial charge in [0.15, 0.2) is 0 Å². The van der Waals surface area contributed by atoms with Gasteiger partial charge >= 0.3 is 5.69 Å². The van der Waals surface area contributed by atoms with Crippen molar-refractivity contribution < 1.29 is 19.1 Å². The molecule has 1 atom stereocenters. The minimum atomic E-state index is -1.51. The third-order valence-corrected chi connectivity index (χ3v) is 9.21. The standard InChI is InChI=1S/C31H41N5O6S/c1-9-23(20(5)41-8)24(42-22-13-11-21(37)12-14-22)17-34-28-25(19(4)27(43-28)35-16-10-15-32-35)26(38)36(30(34)40)31(6,7)29(39)33-18(2)3/h9-10,15-16,18,22,24H,1,11-14,17H2,2-8H3,(H,33,39)/b23-20-/t24-/m0/s1. The Hall–Kier alpha value is -3.77. The largest absolute Gasteiger partial charge is 0.501 e. The quantitative estimate of drug-likeness (QED) is 0.257. The number of hydrogen-bond acceptors (Lipinski definition) is 8. The van der Waals surface area contributed by atoms with Gasteiger partial charge in [-0.2, -0.15) is 5.10 Å². The van der Waals surface area contributed by atoms with Gasteiger partial charge in [-0.1, -0.05) is 24.0 Å². The normalized spacial score (nSPS) is 16.0. The summed E-state index contributed by atoms with van der Waals surface area (Å²) in [5, 5.41) is 8.21. The molecule has 232 valence electrons. The van der Waals surface area contributed by atoms with E-state index < -0.39 is 28.8 Å². The molecule has 0 bridgehead atoms. The fourth-order valence-electron chi connectivity index (χ4n) is 5.42. The van der Waals surface area contributed by atoms with Crippen molar-refractivity contribution in [1.82, 2.24) is 24.2 Å². The number of carbonyl (C=O) groups is 2. The zero-order valence-corrected chi connectivity index (χ0v) is 26.7. The summed E-state index contributed by atoms with van der Waals surface area (Å²) in [6.07, 6.45) is 6.16. The Balaban J connectivity index is 1.99. The second-order valence-corrected chi connectivity index (χ2v) is 12.6. The monoisotopic (exact) mass is 611 g/mol. The summed E-state index contributed by atoms with van der Waals surface area (Å²) in [6.45, 7) is 14.4. The number of carbonyl (C=O) groups excluding carboxylic acids is 2. The number of ketones is 1. The number of ether oxygens (including phenoxy) is 2. The van der Waals surface area contributed by atoms with Crippen LogP contribution in [0.1, 0.15) is 65.9 Å². The topological polar surface area (TPSA) is 126 Å². The number of allylic oxidation sites excluding steroid dienone is 1. The van der Waals surface area contributed by atoms with Gasteiger partial charge in [0.1, 0.15) is 27.3 Å². The van der Waals surface area contributed by atoms with Crippen molar-refractivity contribution in [2.45, 2.75) is 97.6 Å². The van der Waals surface area contributed by atoms with E-state index in [9.17, 15) is 19.2 Å². The molecular weight excluding hydrogens is 570 g/mol. The predicted octanol–water partition coefficient (Wildman–Crippen LogP) is 3.98. The molecule has 1 amide bonds. The number of nitrogens with one attached hydrogen (secondary N) is 1. The molecule has 0 unspecified atom stereocenters. The lowest BCUT2D eigenvalue weighted by Crippen LogP contribution is -2.57. The molecule has 1 aliphatic carbocycles. The van der Waals surface area contributed by atoms with Crippen LogP contribution in [0.25, 0.3) is 15.2 Å². The predicted molar refractivity (Wildman–Crippen MR) is 167 cm³/mol. The van der Waals surface area contributed by atoms with Gasteiger partial charge in [-0.15, -0.1) is 0 Å². The van der Waals surface area contributed by atoms with Crippen LogP contribution in [0, 0.1) is 6.92 Å². The van der Waals surface area contributed by atoms with Gasteiger partial charge in [-0.25, -0.2) is 14.0 Å². The molecule has 3 heterocycles. The van der Waals surface area contributed by atoms with Gasteiger partial charge in [0, 0.05) is 42.4 Å². The van der Waals surface area contributed by atoms with Crippen LogP contribution in [0.15, 0.2) is 52.0 Å². The maximum Gasteiger partial charge on any atom is 0.333 e. The highest BCUT2D eigenvalue weighted by atomic mass is 32.1. The maximum atomic E-state index is 14.4. The molecule has 43 heavy (non-hydrogen) atoms. The number of fused-ring (bicyclic) bond motifs is 1. The highest BCUT2D eigenvalue weighted by molar-refractivity contribution is 7.21. The van der Waals surface area contributed by atoms with Crippen LogP contribution in [0.3, 0.4) is 0 Å². The first-order valence-corrected chi connectivity index (χ1v) is 15.3. The number of hydrogen-bond donors (Lipinski definition) is 1.